The quantitative estimate of drug-likeness (QED) is 0.353. The third-order valence-electron chi connectivity index (χ3n) is 5.34. The second-order valence-corrected chi connectivity index (χ2v) is 7.78. The van der Waals surface area contributed by atoms with Gasteiger partial charge in [0.1, 0.15) is 17.2 Å². The molecule has 0 atom stereocenters. The Balaban J connectivity index is 1.45. The van der Waals surface area contributed by atoms with Crippen LogP contribution in [-0.4, -0.2) is 42.3 Å². The van der Waals surface area contributed by atoms with Crippen LogP contribution >= 0.6 is 0 Å². The number of halogens is 1. The molecule has 0 aliphatic rings. The molecule has 4 rings (SSSR count). The molecule has 0 spiro atoms. The Morgan fingerprint density at radius 3 is 2.71 bits per heavy atom. The number of esters is 1. The number of fused-ring (bicyclic) bond motifs is 1. The fraction of sp³-hybridized carbons (Fsp3) is 0.208. The van der Waals surface area contributed by atoms with Crippen molar-refractivity contribution >= 4 is 28.9 Å². The minimum atomic E-state index is -1.07. The zero-order valence-electron chi connectivity index (χ0n) is 18.8. The van der Waals surface area contributed by atoms with Gasteiger partial charge in [-0.25, -0.2) is 14.1 Å². The summed E-state index contributed by atoms with van der Waals surface area (Å²) in [5.74, 6) is -2.44. The average molecular weight is 479 g/mol. The Hall–Kier alpha value is -4.54. The van der Waals surface area contributed by atoms with Gasteiger partial charge < -0.3 is 19.7 Å². The first-order valence-electron chi connectivity index (χ1n) is 10.7. The second-order valence-electron chi connectivity index (χ2n) is 7.78. The van der Waals surface area contributed by atoms with Crippen LogP contribution in [0.25, 0.3) is 22.3 Å². The fourth-order valence-corrected chi connectivity index (χ4v) is 3.47. The summed E-state index contributed by atoms with van der Waals surface area (Å²) in [5.41, 5.74) is 2.61. The summed E-state index contributed by atoms with van der Waals surface area (Å²) in [6.45, 7) is -0.0943. The number of carbonyl (C=O) groups excluding carboxylic acids is 2. The van der Waals surface area contributed by atoms with E-state index in [0.717, 1.165) is 5.39 Å². The summed E-state index contributed by atoms with van der Waals surface area (Å²) in [6, 6.07) is 11.6. The molecule has 0 radical (unpaired) electrons. The van der Waals surface area contributed by atoms with E-state index >= 15 is 0 Å². The van der Waals surface area contributed by atoms with E-state index in [1.165, 1.54) is 10.7 Å². The maximum Gasteiger partial charge on any atom is 0.308 e. The summed E-state index contributed by atoms with van der Waals surface area (Å²) < 4.78 is 21.9. The molecular weight excluding hydrogens is 457 g/mol. The predicted molar refractivity (Wildman–Crippen MR) is 122 cm³/mol. The minimum absolute atomic E-state index is 0.0613. The van der Waals surface area contributed by atoms with Crippen LogP contribution in [0.5, 0.6) is 0 Å². The van der Waals surface area contributed by atoms with Crippen LogP contribution in [0.2, 0.25) is 0 Å². The van der Waals surface area contributed by atoms with Crippen LogP contribution < -0.4 is 5.32 Å². The van der Waals surface area contributed by atoms with E-state index in [-0.39, 0.29) is 37.8 Å². The molecule has 35 heavy (non-hydrogen) atoms. The summed E-state index contributed by atoms with van der Waals surface area (Å²) in [7, 11) is 1.72. The van der Waals surface area contributed by atoms with E-state index in [9.17, 15) is 18.8 Å². The maximum atomic E-state index is 13.8. The van der Waals surface area contributed by atoms with Crippen LogP contribution in [0.1, 0.15) is 28.9 Å². The number of aryl methyl sites for hydroxylation is 1. The van der Waals surface area contributed by atoms with Crippen molar-refractivity contribution in [1.29, 1.82) is 0 Å². The fourth-order valence-electron chi connectivity index (χ4n) is 3.47. The number of carbonyl (C=O) groups is 3. The van der Waals surface area contributed by atoms with E-state index in [2.05, 4.69) is 15.4 Å². The molecule has 0 aliphatic carbocycles. The first-order valence-corrected chi connectivity index (χ1v) is 10.7. The highest BCUT2D eigenvalue weighted by Gasteiger charge is 2.16. The van der Waals surface area contributed by atoms with Gasteiger partial charge in [0, 0.05) is 36.3 Å². The van der Waals surface area contributed by atoms with Gasteiger partial charge in [0.25, 0.3) is 5.91 Å². The molecule has 0 unspecified atom stereocenters. The number of benzene rings is 1. The van der Waals surface area contributed by atoms with Crippen molar-refractivity contribution in [3.05, 3.63) is 71.9 Å². The van der Waals surface area contributed by atoms with Gasteiger partial charge in [-0.3, -0.25) is 14.4 Å². The summed E-state index contributed by atoms with van der Waals surface area (Å²) in [4.78, 5) is 39.5. The molecule has 2 N–H and O–H groups in total. The van der Waals surface area contributed by atoms with Gasteiger partial charge in [-0.1, -0.05) is 18.2 Å². The van der Waals surface area contributed by atoms with E-state index in [1.54, 1.807) is 54.3 Å². The second kappa shape index (κ2) is 10.2. The number of carboxylic acids is 1. The van der Waals surface area contributed by atoms with Crippen molar-refractivity contribution in [1.82, 2.24) is 24.6 Å². The minimum Gasteiger partial charge on any atom is -0.481 e. The molecule has 3 heterocycles. The van der Waals surface area contributed by atoms with E-state index in [0.29, 0.717) is 28.2 Å². The van der Waals surface area contributed by atoms with Crippen molar-refractivity contribution < 1.29 is 28.6 Å². The predicted octanol–water partition coefficient (Wildman–Crippen LogP) is 2.87. The van der Waals surface area contributed by atoms with Crippen molar-refractivity contribution in [2.45, 2.75) is 26.1 Å². The molecule has 0 saturated heterocycles. The molecule has 1 aromatic carbocycles. The first-order chi connectivity index (χ1) is 16.8. The highest BCUT2D eigenvalue weighted by molar-refractivity contribution is 5.98. The SMILES string of the molecule is Cn1c(C(=O)NCc2ccccc2F)cc2ccc(-c3cnn(COC(=O)CCC(=O)O)c3)nc21. The lowest BCUT2D eigenvalue weighted by atomic mass is 10.2. The maximum absolute atomic E-state index is 13.8. The van der Waals surface area contributed by atoms with Crippen LogP contribution in [0.3, 0.4) is 0 Å². The number of pyridine rings is 1. The highest BCUT2D eigenvalue weighted by Crippen LogP contribution is 2.23. The van der Waals surface area contributed by atoms with Crippen molar-refractivity contribution in [2.24, 2.45) is 7.05 Å². The van der Waals surface area contributed by atoms with Gasteiger partial charge in [-0.05, 0) is 24.3 Å². The van der Waals surface area contributed by atoms with Gasteiger partial charge in [0.05, 0.1) is 24.7 Å². The van der Waals surface area contributed by atoms with E-state index < -0.39 is 11.9 Å². The van der Waals surface area contributed by atoms with Crippen LogP contribution in [-0.2, 0) is 34.6 Å². The summed E-state index contributed by atoms with van der Waals surface area (Å²) >= 11 is 0. The zero-order valence-corrected chi connectivity index (χ0v) is 18.8. The first kappa shape index (κ1) is 23.6. The van der Waals surface area contributed by atoms with Crippen LogP contribution in [0.4, 0.5) is 4.39 Å². The molecule has 1 amide bonds. The number of carboxylic acid groups (broad SMARTS) is 1. The molecule has 0 aliphatic heterocycles. The third-order valence-corrected chi connectivity index (χ3v) is 5.34. The average Bonchev–Trinajstić information content (AvgIpc) is 3.45. The summed E-state index contributed by atoms with van der Waals surface area (Å²) in [6.07, 6.45) is 2.69. The number of nitrogens with one attached hydrogen (secondary N) is 1. The van der Waals surface area contributed by atoms with Gasteiger partial charge in [0.2, 0.25) is 0 Å². The molecule has 10 nitrogen and oxygen atoms in total. The molecule has 0 bridgehead atoms. The third kappa shape index (κ3) is 5.52. The van der Waals surface area contributed by atoms with E-state index in [1.807, 2.05) is 6.07 Å². The van der Waals surface area contributed by atoms with Crippen molar-refractivity contribution in [3.8, 4) is 11.3 Å². The molecule has 180 valence electrons. The standard InChI is InChI=1S/C24H22FN5O5/c1-29-20(24(34)26-11-16-4-2-3-5-18(16)25)10-15-6-7-19(28-23(15)29)17-12-27-30(13-17)14-35-22(33)9-8-21(31)32/h2-7,10,12-13H,8-9,11,14H2,1H3,(H,26,34)(H,31,32). The number of hydrogen-bond acceptors (Lipinski definition) is 6. The molecule has 4 aromatic rings. The van der Waals surface area contributed by atoms with Gasteiger partial charge >= 0.3 is 11.9 Å². The number of aliphatic carboxylic acids is 1. The monoisotopic (exact) mass is 479 g/mol. The molecule has 3 aromatic heterocycles. The lowest BCUT2D eigenvalue weighted by Crippen LogP contribution is -2.25. The molecule has 0 saturated carbocycles. The smallest absolute Gasteiger partial charge is 0.308 e. The van der Waals surface area contributed by atoms with Crippen LogP contribution in [0.15, 0.2) is 54.9 Å². The molecular formula is C24H22FN5O5. The summed E-state index contributed by atoms with van der Waals surface area (Å²) in [5, 5.41) is 16.2. The van der Waals surface area contributed by atoms with Crippen molar-refractivity contribution in [2.75, 3.05) is 0 Å². The van der Waals surface area contributed by atoms with Gasteiger partial charge in [-0.15, -0.1) is 0 Å². The number of hydrogen-bond donors (Lipinski definition) is 2. The Labute approximate surface area is 199 Å². The lowest BCUT2D eigenvalue weighted by molar-refractivity contribution is -0.151. The normalized spacial score (nSPS) is 10.9. The Kier molecular flexibility index (Phi) is 6.86. The van der Waals surface area contributed by atoms with Crippen molar-refractivity contribution in [3.63, 3.8) is 0 Å². The lowest BCUT2D eigenvalue weighted by Gasteiger charge is -2.07. The van der Waals surface area contributed by atoms with Crippen LogP contribution in [0, 0.1) is 5.82 Å². The number of rotatable bonds is 9. The van der Waals surface area contributed by atoms with Gasteiger partial charge in [-0.2, -0.15) is 5.10 Å². The Bertz CT molecular complexity index is 1410. The number of aromatic nitrogens is 4. The number of nitrogens with zero attached hydrogens (tertiary/aromatic N) is 4. The Morgan fingerprint density at radius 1 is 1.14 bits per heavy atom. The number of ether oxygens (including phenoxy) is 1. The molecule has 11 heteroatoms. The molecule has 0 fully saturated rings. The van der Waals surface area contributed by atoms with E-state index in [4.69, 9.17) is 9.84 Å². The highest BCUT2D eigenvalue weighted by atomic mass is 19.1. The Morgan fingerprint density at radius 2 is 1.94 bits per heavy atom. The van der Waals surface area contributed by atoms with Gasteiger partial charge in [0.15, 0.2) is 6.73 Å². The topological polar surface area (TPSA) is 128 Å². The number of amides is 1. The largest absolute Gasteiger partial charge is 0.481 e. The zero-order chi connectivity index (χ0) is 24.9.